The quantitative estimate of drug-likeness (QED) is 0.788. The van der Waals surface area contributed by atoms with Crippen molar-refractivity contribution in [2.45, 2.75) is 5.44 Å². The van der Waals surface area contributed by atoms with Crippen LogP contribution in [0.3, 0.4) is 0 Å². The van der Waals surface area contributed by atoms with Crippen LogP contribution in [0.5, 0.6) is 0 Å². The molecule has 16 heavy (non-hydrogen) atoms. The Morgan fingerprint density at radius 2 is 2.00 bits per heavy atom. The Morgan fingerprint density at radius 3 is 2.62 bits per heavy atom. The molecule has 0 aliphatic carbocycles. The molecular weight excluding hydrogens is 236 g/mol. The lowest BCUT2D eigenvalue weighted by Crippen LogP contribution is -1.92. The van der Waals surface area contributed by atoms with Gasteiger partial charge in [-0.25, -0.2) is 0 Å². The highest BCUT2D eigenvalue weighted by atomic mass is 32.2. The van der Waals surface area contributed by atoms with Crippen LogP contribution >= 0.6 is 23.1 Å². The minimum absolute atomic E-state index is 0.248. The van der Waals surface area contributed by atoms with Crippen molar-refractivity contribution in [1.82, 2.24) is 0 Å². The summed E-state index contributed by atoms with van der Waals surface area (Å²) < 4.78 is 5.64. The lowest BCUT2D eigenvalue weighted by Gasteiger charge is -2.09. The summed E-state index contributed by atoms with van der Waals surface area (Å²) >= 11 is 3.66. The molecule has 1 atom stereocenters. The van der Waals surface area contributed by atoms with Crippen LogP contribution in [0.4, 0.5) is 0 Å². The Hall–Kier alpha value is -0.770. The maximum Gasteiger partial charge on any atom is 0.128 e. The molecule has 0 amide bonds. The van der Waals surface area contributed by atoms with Crippen molar-refractivity contribution < 1.29 is 4.74 Å². The van der Waals surface area contributed by atoms with Crippen LogP contribution in [0.15, 0.2) is 41.8 Å². The van der Waals surface area contributed by atoms with Crippen LogP contribution in [-0.4, -0.2) is 12.4 Å². The molecule has 1 fully saturated rings. The van der Waals surface area contributed by atoms with E-state index in [0.717, 1.165) is 12.4 Å². The summed E-state index contributed by atoms with van der Waals surface area (Å²) in [7, 11) is 0. The fraction of sp³-hybridized carbons (Fsp3) is 0.231. The van der Waals surface area contributed by atoms with Gasteiger partial charge in [0.1, 0.15) is 5.44 Å². The Labute approximate surface area is 103 Å². The van der Waals surface area contributed by atoms with Crippen molar-refractivity contribution in [3.8, 4) is 10.4 Å². The van der Waals surface area contributed by atoms with Crippen molar-refractivity contribution in [3.63, 3.8) is 0 Å². The van der Waals surface area contributed by atoms with Crippen molar-refractivity contribution in [3.05, 3.63) is 47.3 Å². The van der Waals surface area contributed by atoms with E-state index in [4.69, 9.17) is 4.74 Å². The van der Waals surface area contributed by atoms with Gasteiger partial charge >= 0.3 is 0 Å². The van der Waals surface area contributed by atoms with E-state index in [1.165, 1.54) is 16.0 Å². The molecule has 0 bridgehead atoms. The first-order chi connectivity index (χ1) is 7.93. The molecule has 82 valence electrons. The molecule has 1 nitrogen and oxygen atoms in total. The summed E-state index contributed by atoms with van der Waals surface area (Å²) in [5, 5.41) is 2.11. The van der Waals surface area contributed by atoms with E-state index in [0.29, 0.717) is 0 Å². The third-order valence-electron chi connectivity index (χ3n) is 2.61. The smallest absolute Gasteiger partial charge is 0.128 e. The van der Waals surface area contributed by atoms with E-state index in [1.807, 2.05) is 11.8 Å². The third kappa shape index (κ3) is 2.03. The second-order valence-electron chi connectivity index (χ2n) is 3.67. The van der Waals surface area contributed by atoms with E-state index in [1.54, 1.807) is 11.3 Å². The second-order valence-corrected chi connectivity index (χ2v) is 5.79. The number of hydrogen-bond acceptors (Lipinski definition) is 3. The first kappa shape index (κ1) is 10.4. The van der Waals surface area contributed by atoms with Gasteiger partial charge in [0.25, 0.3) is 0 Å². The molecule has 0 spiro atoms. The molecule has 1 aliphatic heterocycles. The van der Waals surface area contributed by atoms with Crippen molar-refractivity contribution in [2.75, 3.05) is 12.4 Å². The Morgan fingerprint density at radius 1 is 1.12 bits per heavy atom. The van der Waals surface area contributed by atoms with Gasteiger partial charge in [-0.15, -0.1) is 23.1 Å². The molecule has 0 radical (unpaired) electrons. The largest absolute Gasteiger partial charge is 0.362 e. The van der Waals surface area contributed by atoms with Crippen LogP contribution in [0, 0.1) is 0 Å². The van der Waals surface area contributed by atoms with Gasteiger partial charge in [-0.05, 0) is 22.6 Å². The highest BCUT2D eigenvalue weighted by Crippen LogP contribution is 2.36. The predicted octanol–water partition coefficient (Wildman–Crippen LogP) is 4.18. The average molecular weight is 248 g/mol. The molecule has 3 heteroatoms. The van der Waals surface area contributed by atoms with Crippen LogP contribution in [0.2, 0.25) is 0 Å². The van der Waals surface area contributed by atoms with Gasteiger partial charge in [-0.1, -0.05) is 30.3 Å². The topological polar surface area (TPSA) is 9.23 Å². The predicted molar refractivity (Wildman–Crippen MR) is 70.9 cm³/mol. The van der Waals surface area contributed by atoms with Crippen LogP contribution < -0.4 is 0 Å². The Bertz CT molecular complexity index is 441. The Balaban J connectivity index is 1.84. The zero-order valence-corrected chi connectivity index (χ0v) is 10.4. The van der Waals surface area contributed by atoms with Gasteiger partial charge in [0.15, 0.2) is 0 Å². The summed E-state index contributed by atoms with van der Waals surface area (Å²) in [4.78, 5) is 1.33. The van der Waals surface area contributed by atoms with Crippen LogP contribution in [0.1, 0.15) is 11.0 Å². The first-order valence-corrected chi connectivity index (χ1v) is 7.23. The number of ether oxygens (including phenoxy) is 1. The molecular formula is C13H12OS2. The minimum Gasteiger partial charge on any atom is -0.362 e. The van der Waals surface area contributed by atoms with Crippen molar-refractivity contribution in [2.24, 2.45) is 0 Å². The van der Waals surface area contributed by atoms with E-state index in [2.05, 4.69) is 41.8 Å². The molecule has 0 N–H and O–H groups in total. The lowest BCUT2D eigenvalue weighted by molar-refractivity contribution is 0.145. The monoisotopic (exact) mass is 248 g/mol. The summed E-state index contributed by atoms with van der Waals surface area (Å²) in [5.74, 6) is 1.11. The van der Waals surface area contributed by atoms with Crippen LogP contribution in [-0.2, 0) is 4.74 Å². The molecule has 1 aliphatic rings. The molecule has 1 saturated heterocycles. The molecule has 1 unspecified atom stereocenters. The molecule has 2 heterocycles. The van der Waals surface area contributed by atoms with Gasteiger partial charge in [0.05, 0.1) is 6.61 Å². The molecule has 2 aromatic rings. The zero-order chi connectivity index (χ0) is 10.8. The molecule has 0 saturated carbocycles. The normalized spacial score (nSPS) is 20.1. The van der Waals surface area contributed by atoms with Crippen molar-refractivity contribution >= 4 is 23.1 Å². The van der Waals surface area contributed by atoms with E-state index < -0.39 is 0 Å². The van der Waals surface area contributed by atoms with Gasteiger partial charge in [-0.2, -0.15) is 0 Å². The summed E-state index contributed by atoms with van der Waals surface area (Å²) in [6.07, 6.45) is 0. The van der Waals surface area contributed by atoms with Gasteiger partial charge in [-0.3, -0.25) is 0 Å². The number of benzene rings is 1. The highest BCUT2D eigenvalue weighted by molar-refractivity contribution is 7.99. The fourth-order valence-corrected chi connectivity index (χ4v) is 3.48. The highest BCUT2D eigenvalue weighted by Gasteiger charge is 2.17. The molecule has 1 aromatic heterocycles. The summed E-state index contributed by atoms with van der Waals surface area (Å²) in [5.41, 5.74) is 2.82. The second kappa shape index (κ2) is 4.62. The number of thiophene rings is 1. The SMILES string of the molecule is c1csc(-c2ccc(C3OCCS3)cc2)c1. The molecule has 1 aromatic carbocycles. The van der Waals surface area contributed by atoms with Crippen molar-refractivity contribution in [1.29, 1.82) is 0 Å². The first-order valence-electron chi connectivity index (χ1n) is 5.30. The minimum atomic E-state index is 0.248. The lowest BCUT2D eigenvalue weighted by atomic mass is 10.1. The molecule has 3 rings (SSSR count). The average Bonchev–Trinajstić information content (AvgIpc) is 3.03. The summed E-state index contributed by atoms with van der Waals surface area (Å²) in [6.45, 7) is 0.877. The Kier molecular flexibility index (Phi) is 3.00. The number of rotatable bonds is 2. The maximum absolute atomic E-state index is 5.64. The third-order valence-corrected chi connectivity index (χ3v) is 4.64. The standard InChI is InChI=1S/C13H12OS2/c1-2-12(15-8-1)10-3-5-11(6-4-10)13-14-7-9-16-13/h1-6,8,13H,7,9H2. The zero-order valence-electron chi connectivity index (χ0n) is 8.76. The van der Waals surface area contributed by atoms with Gasteiger partial charge in [0.2, 0.25) is 0 Å². The van der Waals surface area contributed by atoms with Gasteiger partial charge in [0, 0.05) is 10.6 Å². The number of hydrogen-bond donors (Lipinski definition) is 0. The van der Waals surface area contributed by atoms with Gasteiger partial charge < -0.3 is 4.74 Å². The maximum atomic E-state index is 5.64. The fourth-order valence-electron chi connectivity index (χ4n) is 1.80. The number of thioether (sulfide) groups is 1. The van der Waals surface area contributed by atoms with E-state index >= 15 is 0 Å². The summed E-state index contributed by atoms with van der Waals surface area (Å²) in [6, 6.07) is 13.0. The van der Waals surface area contributed by atoms with E-state index in [-0.39, 0.29) is 5.44 Å². The van der Waals surface area contributed by atoms with Crippen LogP contribution in [0.25, 0.3) is 10.4 Å². The van der Waals surface area contributed by atoms with E-state index in [9.17, 15) is 0 Å².